The second kappa shape index (κ2) is 16.7. The van der Waals surface area contributed by atoms with Crippen LogP contribution in [0.2, 0.25) is 0 Å². The molecule has 0 bridgehead atoms. The van der Waals surface area contributed by atoms with Crippen molar-refractivity contribution < 1.29 is 9.90 Å². The van der Waals surface area contributed by atoms with Gasteiger partial charge in [-0.3, -0.25) is 0 Å². The van der Waals surface area contributed by atoms with Crippen LogP contribution in [0, 0.1) is 0 Å². The van der Waals surface area contributed by atoms with Crippen LogP contribution in [0.1, 0.15) is 84.0 Å². The van der Waals surface area contributed by atoms with Crippen molar-refractivity contribution >= 4 is 43.7 Å². The molecule has 0 heterocycles. The number of carboxylic acids is 1. The average molecular weight is 267 g/mol. The Kier molecular flexibility index (Phi) is 19.7. The molecule has 0 amide bonds. The van der Waals surface area contributed by atoms with E-state index in [-0.39, 0.29) is 44.2 Å². The second-order valence-electron chi connectivity index (χ2n) is 4.66. The van der Waals surface area contributed by atoms with Gasteiger partial charge >= 0.3 is 37.7 Å². The van der Waals surface area contributed by atoms with Gasteiger partial charge in [-0.25, -0.2) is 0 Å². The molecule has 0 aliphatic heterocycles. The van der Waals surface area contributed by atoms with Gasteiger partial charge in [0.15, 0.2) is 0 Å². The molecule has 0 aromatic heterocycles. The van der Waals surface area contributed by atoms with Gasteiger partial charge in [0.05, 0.1) is 0 Å². The Morgan fingerprint density at radius 2 is 1.12 bits per heavy atom. The summed E-state index contributed by atoms with van der Waals surface area (Å²) in [5.41, 5.74) is 0. The zero-order valence-corrected chi connectivity index (χ0v) is 13.7. The molecule has 0 fully saturated rings. The Hall–Kier alpha value is 0.730. The fourth-order valence-corrected chi connectivity index (χ4v) is 1.93. The summed E-state index contributed by atoms with van der Waals surface area (Å²) < 4.78 is 0. The molecule has 0 aliphatic rings. The van der Waals surface area contributed by atoms with Gasteiger partial charge < -0.3 is 9.90 Å². The molecule has 0 unspecified atom stereocenters. The van der Waals surface area contributed by atoms with Crippen LogP contribution in [-0.4, -0.2) is 43.7 Å². The molecule has 0 aliphatic carbocycles. The molecule has 0 radical (unpaired) electrons. The summed E-state index contributed by atoms with van der Waals surface area (Å²) >= 11 is 0. The van der Waals surface area contributed by atoms with Gasteiger partial charge in [-0.15, -0.1) is 0 Å². The second-order valence-corrected chi connectivity index (χ2v) is 4.66. The smallest absolute Gasteiger partial charge is 0.550 e. The van der Waals surface area contributed by atoms with E-state index in [9.17, 15) is 9.90 Å². The number of carbonyl (C=O) groups is 1. The van der Waals surface area contributed by atoms with E-state index in [1.54, 1.807) is 0 Å². The van der Waals surface area contributed by atoms with Crippen molar-refractivity contribution in [3.8, 4) is 0 Å². The third kappa shape index (κ3) is 19.3. The minimum atomic E-state index is -0.907. The Balaban J connectivity index is 0. The minimum absolute atomic E-state index is 0. The maximum Gasteiger partial charge on any atom is 2.00 e. The molecule has 0 aromatic rings. The number of unbranched alkanes of at least 4 members (excludes halogenated alkanes) is 10. The SMILES string of the molecule is CCCCCCCCCCCCCC(=O)[O-].[Ca+2]. The Labute approximate surface area is 137 Å². The van der Waals surface area contributed by atoms with E-state index in [4.69, 9.17) is 0 Å². The minimum Gasteiger partial charge on any atom is -0.550 e. The fraction of sp³-hybridized carbons (Fsp3) is 0.929. The molecule has 0 rings (SSSR count). The van der Waals surface area contributed by atoms with Crippen LogP contribution < -0.4 is 5.11 Å². The predicted octanol–water partition coefficient (Wildman–Crippen LogP) is 3.06. The van der Waals surface area contributed by atoms with E-state index in [2.05, 4.69) is 6.92 Å². The summed E-state index contributed by atoms with van der Waals surface area (Å²) in [6.45, 7) is 2.24. The van der Waals surface area contributed by atoms with Crippen molar-refractivity contribution in [1.82, 2.24) is 0 Å². The molecule has 0 aromatic carbocycles. The van der Waals surface area contributed by atoms with Crippen LogP contribution in [0.25, 0.3) is 0 Å². The first-order valence-corrected chi connectivity index (χ1v) is 6.97. The van der Waals surface area contributed by atoms with Crippen LogP contribution in [0.3, 0.4) is 0 Å². The van der Waals surface area contributed by atoms with E-state index in [1.807, 2.05) is 0 Å². The number of rotatable bonds is 12. The average Bonchev–Trinajstić information content (AvgIpc) is 2.25. The van der Waals surface area contributed by atoms with E-state index in [1.165, 1.54) is 57.8 Å². The van der Waals surface area contributed by atoms with Gasteiger partial charge in [0, 0.05) is 5.97 Å². The van der Waals surface area contributed by atoms with E-state index in [0.717, 1.165) is 12.8 Å². The first kappa shape index (κ1) is 20.1. The molecule has 0 saturated carbocycles. The summed E-state index contributed by atoms with van der Waals surface area (Å²) in [5.74, 6) is -0.907. The zero-order valence-electron chi connectivity index (χ0n) is 11.5. The van der Waals surface area contributed by atoms with Gasteiger partial charge in [-0.1, -0.05) is 71.1 Å². The summed E-state index contributed by atoms with van der Waals surface area (Å²) in [6.07, 6.45) is 14.0. The molecular weight excluding hydrogens is 240 g/mol. The molecule has 96 valence electrons. The number of carboxylic acid groups (broad SMARTS) is 1. The zero-order chi connectivity index (χ0) is 12.1. The quantitative estimate of drug-likeness (QED) is 0.403. The number of hydrogen-bond acceptors (Lipinski definition) is 2. The molecule has 0 N–H and O–H groups in total. The Morgan fingerprint density at radius 1 is 0.765 bits per heavy atom. The van der Waals surface area contributed by atoms with Crippen LogP contribution >= 0.6 is 0 Å². The molecule has 3 heteroatoms. The summed E-state index contributed by atoms with van der Waals surface area (Å²) in [4.78, 5) is 10.1. The van der Waals surface area contributed by atoms with Crippen molar-refractivity contribution in [3.05, 3.63) is 0 Å². The molecule has 0 atom stereocenters. The van der Waals surface area contributed by atoms with Crippen molar-refractivity contribution in [2.45, 2.75) is 84.0 Å². The standard InChI is InChI=1S/C14H28O2.Ca/c1-2-3-4-5-6-7-8-9-10-11-12-13-14(15)16;/h2-13H2,1H3,(H,15,16);/q;+2/p-1. The van der Waals surface area contributed by atoms with E-state index < -0.39 is 5.97 Å². The van der Waals surface area contributed by atoms with Gasteiger partial charge in [0.25, 0.3) is 0 Å². The van der Waals surface area contributed by atoms with Crippen molar-refractivity contribution in [3.63, 3.8) is 0 Å². The summed E-state index contributed by atoms with van der Waals surface area (Å²) in [5, 5.41) is 10.1. The monoisotopic (exact) mass is 267 g/mol. The van der Waals surface area contributed by atoms with Gasteiger partial charge in [0.1, 0.15) is 0 Å². The number of aliphatic carboxylic acids is 1. The topological polar surface area (TPSA) is 40.1 Å². The van der Waals surface area contributed by atoms with Crippen molar-refractivity contribution in [2.24, 2.45) is 0 Å². The Morgan fingerprint density at radius 3 is 1.47 bits per heavy atom. The van der Waals surface area contributed by atoms with Crippen LogP contribution in [0.15, 0.2) is 0 Å². The maximum atomic E-state index is 10.1. The molecule has 2 nitrogen and oxygen atoms in total. The maximum absolute atomic E-state index is 10.1. The fourth-order valence-electron chi connectivity index (χ4n) is 1.93. The molecule has 17 heavy (non-hydrogen) atoms. The van der Waals surface area contributed by atoms with Crippen LogP contribution in [0.5, 0.6) is 0 Å². The van der Waals surface area contributed by atoms with Crippen LogP contribution in [0.4, 0.5) is 0 Å². The third-order valence-corrected chi connectivity index (χ3v) is 2.98. The third-order valence-electron chi connectivity index (χ3n) is 2.98. The van der Waals surface area contributed by atoms with E-state index >= 15 is 0 Å². The van der Waals surface area contributed by atoms with Gasteiger partial charge in [0.2, 0.25) is 0 Å². The van der Waals surface area contributed by atoms with Gasteiger partial charge in [-0.05, 0) is 12.8 Å². The normalized spacial score (nSPS) is 9.94. The summed E-state index contributed by atoms with van der Waals surface area (Å²) in [7, 11) is 0. The van der Waals surface area contributed by atoms with Gasteiger partial charge in [-0.2, -0.15) is 0 Å². The van der Waals surface area contributed by atoms with Crippen molar-refractivity contribution in [1.29, 1.82) is 0 Å². The molecule has 0 saturated heterocycles. The Bertz CT molecular complexity index is 160. The largest absolute Gasteiger partial charge is 2.00 e. The predicted molar refractivity (Wildman–Crippen MR) is 71.8 cm³/mol. The molecule has 0 spiro atoms. The number of hydrogen-bond donors (Lipinski definition) is 0. The van der Waals surface area contributed by atoms with E-state index in [0.29, 0.717) is 0 Å². The first-order valence-electron chi connectivity index (χ1n) is 6.97. The van der Waals surface area contributed by atoms with Crippen molar-refractivity contribution in [2.75, 3.05) is 0 Å². The number of carbonyl (C=O) groups excluding carboxylic acids is 1. The van der Waals surface area contributed by atoms with Crippen LogP contribution in [-0.2, 0) is 4.79 Å². The molecular formula is C14H27CaO2+. The summed E-state index contributed by atoms with van der Waals surface area (Å²) in [6, 6.07) is 0. The first-order chi connectivity index (χ1) is 7.77.